The molecule has 11 nitrogen and oxygen atoms in total. The fourth-order valence-electron chi connectivity index (χ4n) is 3.04. The second-order valence-corrected chi connectivity index (χ2v) is 7.44. The van der Waals surface area contributed by atoms with Gasteiger partial charge in [0.15, 0.2) is 17.3 Å². The molecular formula is C23H34N8O3. The second-order valence-electron chi connectivity index (χ2n) is 7.44. The van der Waals surface area contributed by atoms with E-state index in [1.807, 2.05) is 13.8 Å². The highest BCUT2D eigenvalue weighted by Crippen LogP contribution is 2.24. The summed E-state index contributed by atoms with van der Waals surface area (Å²) in [6.07, 6.45) is 10.2. The molecular weight excluding hydrogens is 436 g/mol. The van der Waals surface area contributed by atoms with Gasteiger partial charge in [0.2, 0.25) is 5.91 Å². The summed E-state index contributed by atoms with van der Waals surface area (Å²) in [5.74, 6) is 0.380. The third kappa shape index (κ3) is 7.68. The maximum absolute atomic E-state index is 12.6. The first-order chi connectivity index (χ1) is 16.5. The summed E-state index contributed by atoms with van der Waals surface area (Å²) in [6.45, 7) is 11.7. The molecule has 3 rings (SSSR count). The van der Waals surface area contributed by atoms with Gasteiger partial charge in [0.05, 0.1) is 12.6 Å². The van der Waals surface area contributed by atoms with Crippen molar-refractivity contribution in [3.8, 4) is 0 Å². The molecule has 1 aliphatic heterocycles. The topological polar surface area (TPSA) is 146 Å². The number of fused-ring (bicyclic) bond motifs is 1. The summed E-state index contributed by atoms with van der Waals surface area (Å²) in [4.78, 5) is 44.8. The van der Waals surface area contributed by atoms with Gasteiger partial charge in [-0.2, -0.15) is 0 Å². The molecule has 0 saturated carbocycles. The lowest BCUT2D eigenvalue weighted by atomic mass is 10.1. The van der Waals surface area contributed by atoms with E-state index in [9.17, 15) is 9.59 Å². The van der Waals surface area contributed by atoms with Gasteiger partial charge in [0.1, 0.15) is 24.0 Å². The number of H-pyrrole nitrogens is 1. The summed E-state index contributed by atoms with van der Waals surface area (Å²) in [7, 11) is 0. The lowest BCUT2D eigenvalue weighted by Gasteiger charge is -2.20. The van der Waals surface area contributed by atoms with Crippen molar-refractivity contribution in [2.24, 2.45) is 5.16 Å². The Hall–Kier alpha value is -3.76. The Morgan fingerprint density at radius 2 is 2.09 bits per heavy atom. The van der Waals surface area contributed by atoms with Crippen LogP contribution in [0, 0.1) is 0 Å². The van der Waals surface area contributed by atoms with E-state index in [0.29, 0.717) is 11.5 Å². The first kappa shape index (κ1) is 26.5. The zero-order valence-electron chi connectivity index (χ0n) is 20.3. The maximum atomic E-state index is 12.6. The predicted octanol–water partition coefficient (Wildman–Crippen LogP) is 3.40. The highest BCUT2D eigenvalue weighted by atomic mass is 16.6. The molecule has 2 aromatic heterocycles. The summed E-state index contributed by atoms with van der Waals surface area (Å²) < 4.78 is 0. The van der Waals surface area contributed by atoms with E-state index in [-0.39, 0.29) is 29.7 Å². The molecule has 0 fully saturated rings. The van der Waals surface area contributed by atoms with E-state index >= 15 is 0 Å². The van der Waals surface area contributed by atoms with E-state index < -0.39 is 11.9 Å². The lowest BCUT2D eigenvalue weighted by Crippen LogP contribution is -2.36. The Bertz CT molecular complexity index is 1000. The van der Waals surface area contributed by atoms with Gasteiger partial charge >= 0.3 is 0 Å². The van der Waals surface area contributed by atoms with Gasteiger partial charge in [-0.05, 0) is 19.8 Å². The number of hydrogen-bond acceptors (Lipinski definition) is 8. The second kappa shape index (κ2) is 13.7. The molecule has 0 spiro atoms. The van der Waals surface area contributed by atoms with Crippen LogP contribution in [-0.4, -0.2) is 50.6 Å². The van der Waals surface area contributed by atoms with Crippen LogP contribution in [-0.2, 0) is 16.1 Å². The molecule has 1 aliphatic rings. The number of imidazole rings is 1. The van der Waals surface area contributed by atoms with Gasteiger partial charge < -0.3 is 25.8 Å². The Kier molecular flexibility index (Phi) is 10.7. The number of anilines is 2. The summed E-state index contributed by atoms with van der Waals surface area (Å²) in [5, 5.41) is 12.1. The Morgan fingerprint density at radius 1 is 1.29 bits per heavy atom. The van der Waals surface area contributed by atoms with Crippen LogP contribution in [0.3, 0.4) is 0 Å². The quantitative estimate of drug-likeness (QED) is 0.170. The summed E-state index contributed by atoms with van der Waals surface area (Å²) in [6, 6.07) is -0.547. The molecule has 11 heteroatoms. The fraction of sp³-hybridized carbons (Fsp3) is 0.478. The molecule has 34 heavy (non-hydrogen) atoms. The minimum Gasteiger partial charge on any atom is -0.371 e. The number of aryl methyl sites for hydroxylation is 1. The Balaban J connectivity index is 0.00000199. The van der Waals surface area contributed by atoms with E-state index in [1.165, 1.54) is 31.8 Å². The van der Waals surface area contributed by atoms with Crippen molar-refractivity contribution in [1.29, 1.82) is 0 Å². The van der Waals surface area contributed by atoms with Crippen molar-refractivity contribution >= 4 is 29.5 Å². The fourth-order valence-corrected chi connectivity index (χ4v) is 3.04. The van der Waals surface area contributed by atoms with Crippen molar-refractivity contribution < 1.29 is 14.4 Å². The Labute approximate surface area is 199 Å². The average Bonchev–Trinajstić information content (AvgIpc) is 3.30. The number of unbranched alkanes of at least 4 members (excludes halogenated alkanes) is 3. The molecule has 1 unspecified atom stereocenters. The number of rotatable bonds is 11. The van der Waals surface area contributed by atoms with Crippen LogP contribution in [0.25, 0.3) is 0 Å². The van der Waals surface area contributed by atoms with Crippen molar-refractivity contribution in [3.05, 3.63) is 42.1 Å². The molecule has 1 atom stereocenters. The van der Waals surface area contributed by atoms with Crippen molar-refractivity contribution in [3.63, 3.8) is 0 Å². The molecule has 0 saturated heterocycles. The third-order valence-corrected chi connectivity index (χ3v) is 4.87. The number of nitrogens with zero attached hydrogens (tertiary/aromatic N) is 4. The zero-order valence-corrected chi connectivity index (χ0v) is 20.3. The molecule has 0 bridgehead atoms. The van der Waals surface area contributed by atoms with Crippen molar-refractivity contribution in [2.75, 3.05) is 17.2 Å². The average molecular weight is 471 g/mol. The van der Waals surface area contributed by atoms with Crippen LogP contribution in [0.1, 0.15) is 75.4 Å². The zero-order chi connectivity index (χ0) is 24.9. The van der Waals surface area contributed by atoms with Crippen LogP contribution < -0.4 is 16.0 Å². The number of carbonyl (C=O) groups is 2. The predicted molar refractivity (Wildman–Crippen MR) is 132 cm³/mol. The number of oxime groups is 1. The van der Waals surface area contributed by atoms with Crippen LogP contribution >= 0.6 is 0 Å². The number of carbonyl (C=O) groups excluding carboxylic acids is 2. The monoisotopic (exact) mass is 470 g/mol. The largest absolute Gasteiger partial charge is 0.371 e. The molecule has 3 heterocycles. The summed E-state index contributed by atoms with van der Waals surface area (Å²) in [5.41, 5.74) is 1.53. The molecule has 2 amide bonds. The molecule has 184 valence electrons. The van der Waals surface area contributed by atoms with E-state index in [4.69, 9.17) is 4.84 Å². The number of nitrogens with one attached hydrogen (secondary N) is 4. The minimum absolute atomic E-state index is 0.0357. The van der Waals surface area contributed by atoms with E-state index in [2.05, 4.69) is 54.5 Å². The molecule has 4 N–H and O–H groups in total. The SMILES string of the molecule is C=C(O/N=C/c1ncc(CCCCCC)[nH]1)C(C)NC(=O)c1ncnc2c1NCC(=O)N2.CC. The standard InChI is InChI=1S/C21H28N8O3.C2H6/c1-4-5-6-7-8-15-9-22-16(28-15)10-26-32-14(3)13(2)27-21(31)19-18-20(25-12-24-19)29-17(30)11-23-18;1-2/h9-10,12-13,23H,3-8,11H2,1-2H3,(H,22,28)(H,27,31)(H,24,25,29,30);1-2H3/b26-10+;. The van der Waals surface area contributed by atoms with Gasteiger partial charge in [0, 0.05) is 11.9 Å². The first-order valence-corrected chi connectivity index (χ1v) is 11.6. The highest BCUT2D eigenvalue weighted by Gasteiger charge is 2.24. The molecule has 0 aromatic carbocycles. The number of aromatic amines is 1. The third-order valence-electron chi connectivity index (χ3n) is 4.87. The van der Waals surface area contributed by atoms with Crippen molar-refractivity contribution in [2.45, 2.75) is 65.8 Å². The normalized spacial score (nSPS) is 13.1. The number of aromatic nitrogens is 4. The smallest absolute Gasteiger partial charge is 0.272 e. The Morgan fingerprint density at radius 3 is 2.85 bits per heavy atom. The lowest BCUT2D eigenvalue weighted by molar-refractivity contribution is -0.114. The van der Waals surface area contributed by atoms with Gasteiger partial charge in [0.25, 0.3) is 5.91 Å². The molecule has 0 aliphatic carbocycles. The van der Waals surface area contributed by atoms with E-state index in [1.54, 1.807) is 13.1 Å². The molecule has 0 radical (unpaired) electrons. The highest BCUT2D eigenvalue weighted by molar-refractivity contribution is 6.06. The van der Waals surface area contributed by atoms with Crippen molar-refractivity contribution in [1.82, 2.24) is 25.3 Å². The molecule has 2 aromatic rings. The van der Waals surface area contributed by atoms with Crippen LogP contribution in [0.4, 0.5) is 11.5 Å². The van der Waals surface area contributed by atoms with Gasteiger partial charge in [-0.15, -0.1) is 0 Å². The van der Waals surface area contributed by atoms with E-state index in [0.717, 1.165) is 18.5 Å². The number of hydrogen-bond donors (Lipinski definition) is 4. The van der Waals surface area contributed by atoms with Gasteiger partial charge in [-0.3, -0.25) is 9.59 Å². The van der Waals surface area contributed by atoms with Gasteiger partial charge in [-0.25, -0.2) is 15.0 Å². The first-order valence-electron chi connectivity index (χ1n) is 11.6. The maximum Gasteiger partial charge on any atom is 0.272 e. The summed E-state index contributed by atoms with van der Waals surface area (Å²) >= 11 is 0. The van der Waals surface area contributed by atoms with Crippen LogP contribution in [0.5, 0.6) is 0 Å². The van der Waals surface area contributed by atoms with Crippen LogP contribution in [0.2, 0.25) is 0 Å². The van der Waals surface area contributed by atoms with Gasteiger partial charge in [-0.1, -0.05) is 51.8 Å². The number of amides is 2. The minimum atomic E-state index is -0.547. The van der Waals surface area contributed by atoms with Crippen LogP contribution in [0.15, 0.2) is 30.0 Å².